The maximum Gasteiger partial charge on any atom is 0.322 e. The van der Waals surface area contributed by atoms with Crippen LogP contribution in [0.4, 0.5) is 0 Å². The highest BCUT2D eigenvalue weighted by molar-refractivity contribution is 9.10. The van der Waals surface area contributed by atoms with Gasteiger partial charge in [0.25, 0.3) is 0 Å². The minimum atomic E-state index is -3.96. The summed E-state index contributed by atoms with van der Waals surface area (Å²) < 4.78 is 26.6. The maximum atomic E-state index is 12.6. The Hall–Kier alpha value is -0.960. The summed E-state index contributed by atoms with van der Waals surface area (Å²) in [5.41, 5.74) is 0.527. The number of aryl methyl sites for hydroxylation is 1. The Morgan fingerprint density at radius 2 is 2.10 bits per heavy atom. The third kappa shape index (κ3) is 2.73. The van der Waals surface area contributed by atoms with Crippen molar-refractivity contribution in [3.8, 4) is 0 Å². The van der Waals surface area contributed by atoms with E-state index in [9.17, 15) is 18.3 Å². The number of sulfonamides is 1. The van der Waals surface area contributed by atoms with Crippen LogP contribution in [0.25, 0.3) is 0 Å². The molecule has 0 unspecified atom stereocenters. The largest absolute Gasteiger partial charge is 0.480 e. The second kappa shape index (κ2) is 5.44. The number of carbonyl (C=O) groups is 1. The third-order valence-corrected chi connectivity index (χ3v) is 5.77. The number of nitrogens with zero attached hydrogens (tertiary/aromatic N) is 1. The molecule has 0 amide bonds. The first-order valence-electron chi connectivity index (χ1n) is 5.92. The van der Waals surface area contributed by atoms with Gasteiger partial charge in [-0.3, -0.25) is 4.79 Å². The van der Waals surface area contributed by atoms with Crippen LogP contribution >= 0.6 is 15.9 Å². The zero-order valence-corrected chi connectivity index (χ0v) is 13.1. The summed E-state index contributed by atoms with van der Waals surface area (Å²) in [6, 6.07) is 3.56. The molecule has 20 heavy (non-hydrogen) atoms. The standard InChI is InChI=1S/C12H14BrNO5S/c1-7-2-3-8(13)4-11(7)20(18,19)14-6-9(15)5-10(14)12(16)17/h2-4,9-10,15H,5-6H2,1H3,(H,16,17)/t9-,10-/m0/s1. The Kier molecular flexibility index (Phi) is 4.19. The molecule has 1 aliphatic heterocycles. The van der Waals surface area contributed by atoms with Gasteiger partial charge in [0.1, 0.15) is 6.04 Å². The van der Waals surface area contributed by atoms with Crippen LogP contribution in [0.5, 0.6) is 0 Å². The molecule has 1 aromatic carbocycles. The van der Waals surface area contributed by atoms with Crippen molar-refractivity contribution in [1.29, 1.82) is 0 Å². The second-order valence-corrected chi connectivity index (χ2v) is 7.50. The monoisotopic (exact) mass is 363 g/mol. The van der Waals surface area contributed by atoms with Crippen LogP contribution in [0, 0.1) is 6.92 Å². The SMILES string of the molecule is Cc1ccc(Br)cc1S(=O)(=O)N1C[C@@H](O)C[C@H]1C(=O)O. The molecular formula is C12H14BrNO5S. The van der Waals surface area contributed by atoms with Gasteiger partial charge in [-0.15, -0.1) is 0 Å². The van der Waals surface area contributed by atoms with Crippen molar-refractivity contribution in [2.75, 3.05) is 6.54 Å². The van der Waals surface area contributed by atoms with E-state index >= 15 is 0 Å². The molecule has 2 N–H and O–H groups in total. The molecule has 1 fully saturated rings. The van der Waals surface area contributed by atoms with Crippen LogP contribution in [0.2, 0.25) is 0 Å². The van der Waals surface area contributed by atoms with E-state index in [1.165, 1.54) is 6.07 Å². The van der Waals surface area contributed by atoms with Crippen molar-refractivity contribution in [3.63, 3.8) is 0 Å². The lowest BCUT2D eigenvalue weighted by molar-refractivity contribution is -0.140. The van der Waals surface area contributed by atoms with E-state index in [-0.39, 0.29) is 17.9 Å². The summed E-state index contributed by atoms with van der Waals surface area (Å²) >= 11 is 3.20. The minimum absolute atomic E-state index is 0.0484. The molecule has 0 radical (unpaired) electrons. The highest BCUT2D eigenvalue weighted by Crippen LogP contribution is 2.29. The summed E-state index contributed by atoms with van der Waals surface area (Å²) in [7, 11) is -3.96. The summed E-state index contributed by atoms with van der Waals surface area (Å²) in [4.78, 5) is 11.2. The van der Waals surface area contributed by atoms with Gasteiger partial charge in [-0.05, 0) is 24.6 Å². The Morgan fingerprint density at radius 1 is 1.45 bits per heavy atom. The molecular weight excluding hydrogens is 350 g/mol. The Morgan fingerprint density at radius 3 is 2.70 bits per heavy atom. The number of hydrogen-bond donors (Lipinski definition) is 2. The number of rotatable bonds is 3. The van der Waals surface area contributed by atoms with Gasteiger partial charge in [-0.2, -0.15) is 4.31 Å². The van der Waals surface area contributed by atoms with E-state index in [0.717, 1.165) is 4.31 Å². The molecule has 0 saturated carbocycles. The van der Waals surface area contributed by atoms with Crippen molar-refractivity contribution < 1.29 is 23.4 Å². The van der Waals surface area contributed by atoms with E-state index < -0.39 is 28.1 Å². The number of halogens is 1. The first kappa shape index (κ1) is 15.4. The zero-order valence-electron chi connectivity index (χ0n) is 10.7. The normalized spacial score (nSPS) is 23.9. The summed E-state index contributed by atoms with van der Waals surface area (Å²) in [5, 5.41) is 18.7. The average molecular weight is 364 g/mol. The van der Waals surface area contributed by atoms with Gasteiger partial charge in [0.2, 0.25) is 10.0 Å². The third-order valence-electron chi connectivity index (χ3n) is 3.26. The van der Waals surface area contributed by atoms with Gasteiger partial charge >= 0.3 is 5.97 Å². The van der Waals surface area contributed by atoms with E-state index in [1.807, 2.05) is 0 Å². The van der Waals surface area contributed by atoms with Crippen LogP contribution in [-0.2, 0) is 14.8 Å². The van der Waals surface area contributed by atoms with Gasteiger partial charge in [-0.25, -0.2) is 8.42 Å². The number of carboxylic acid groups (broad SMARTS) is 1. The number of aliphatic hydroxyl groups excluding tert-OH is 1. The van der Waals surface area contributed by atoms with Crippen LogP contribution in [0.1, 0.15) is 12.0 Å². The van der Waals surface area contributed by atoms with Crippen LogP contribution in [0.15, 0.2) is 27.6 Å². The topological polar surface area (TPSA) is 94.9 Å². The van der Waals surface area contributed by atoms with E-state index in [0.29, 0.717) is 10.0 Å². The molecule has 8 heteroatoms. The lowest BCUT2D eigenvalue weighted by Crippen LogP contribution is -2.40. The number of β-amino-alcohol motifs (C(OH)–C–C–N with tert-alkyl or cyclic N) is 1. The Bertz CT molecular complexity index is 645. The van der Waals surface area contributed by atoms with Gasteiger partial charge in [-0.1, -0.05) is 22.0 Å². The number of aliphatic carboxylic acids is 1. The first-order chi connectivity index (χ1) is 9.23. The first-order valence-corrected chi connectivity index (χ1v) is 8.15. The molecule has 0 aliphatic carbocycles. The predicted molar refractivity (Wildman–Crippen MR) is 74.8 cm³/mol. The quantitative estimate of drug-likeness (QED) is 0.833. The van der Waals surface area contributed by atoms with Crippen molar-refractivity contribution in [1.82, 2.24) is 4.31 Å². The second-order valence-electron chi connectivity index (χ2n) is 4.73. The number of aliphatic hydroxyl groups is 1. The highest BCUT2D eigenvalue weighted by atomic mass is 79.9. The Balaban J connectivity index is 2.49. The fourth-order valence-corrected chi connectivity index (χ4v) is 4.65. The molecule has 1 aliphatic rings. The minimum Gasteiger partial charge on any atom is -0.480 e. The summed E-state index contributed by atoms with van der Waals surface area (Å²) in [5.74, 6) is -1.25. The molecule has 1 heterocycles. The molecule has 2 rings (SSSR count). The molecule has 2 atom stereocenters. The lowest BCUT2D eigenvalue weighted by atomic mass is 10.2. The Labute approximate surface area is 125 Å². The predicted octanol–water partition coefficient (Wildman–Crippen LogP) is 0.966. The van der Waals surface area contributed by atoms with E-state index in [4.69, 9.17) is 5.11 Å². The molecule has 0 spiro atoms. The van der Waals surface area contributed by atoms with Crippen LogP contribution < -0.4 is 0 Å². The van der Waals surface area contributed by atoms with Crippen molar-refractivity contribution in [3.05, 3.63) is 28.2 Å². The van der Waals surface area contributed by atoms with Gasteiger partial charge < -0.3 is 10.2 Å². The summed E-state index contributed by atoms with van der Waals surface area (Å²) in [6.07, 6.45) is -1.06. The van der Waals surface area contributed by atoms with Crippen molar-refractivity contribution in [2.45, 2.75) is 30.4 Å². The highest BCUT2D eigenvalue weighted by Gasteiger charge is 2.43. The van der Waals surface area contributed by atoms with Crippen molar-refractivity contribution in [2.24, 2.45) is 0 Å². The lowest BCUT2D eigenvalue weighted by Gasteiger charge is -2.21. The molecule has 110 valence electrons. The van der Waals surface area contributed by atoms with Gasteiger partial charge in [0, 0.05) is 17.4 Å². The molecule has 0 bridgehead atoms. The molecule has 1 saturated heterocycles. The van der Waals surface area contributed by atoms with E-state index in [1.54, 1.807) is 19.1 Å². The number of benzene rings is 1. The zero-order chi connectivity index (χ0) is 15.1. The molecule has 1 aromatic rings. The molecule has 0 aromatic heterocycles. The van der Waals surface area contributed by atoms with Crippen LogP contribution in [0.3, 0.4) is 0 Å². The average Bonchev–Trinajstić information content (AvgIpc) is 2.75. The maximum absolute atomic E-state index is 12.6. The van der Waals surface area contributed by atoms with Crippen molar-refractivity contribution >= 4 is 31.9 Å². The smallest absolute Gasteiger partial charge is 0.322 e. The number of hydrogen-bond acceptors (Lipinski definition) is 4. The van der Waals surface area contributed by atoms with E-state index in [2.05, 4.69) is 15.9 Å². The van der Waals surface area contributed by atoms with Crippen LogP contribution in [-0.4, -0.2) is 47.6 Å². The fourth-order valence-electron chi connectivity index (χ4n) is 2.25. The number of carboxylic acids is 1. The van der Waals surface area contributed by atoms with Gasteiger partial charge in [0.15, 0.2) is 0 Å². The fraction of sp³-hybridized carbons (Fsp3) is 0.417. The summed E-state index contributed by atoms with van der Waals surface area (Å²) in [6.45, 7) is 1.44. The van der Waals surface area contributed by atoms with Gasteiger partial charge in [0.05, 0.1) is 11.0 Å². The molecule has 6 nitrogen and oxygen atoms in total.